The molecule has 3 nitrogen and oxygen atoms in total. The highest BCUT2D eigenvalue weighted by molar-refractivity contribution is 7.14. The second-order valence-electron chi connectivity index (χ2n) is 5.61. The molecule has 1 heterocycles. The first-order valence-electron chi connectivity index (χ1n) is 8.08. The fraction of sp³-hybridized carbons (Fsp3) is 0. The summed E-state index contributed by atoms with van der Waals surface area (Å²) in [5.41, 5.74) is 2.59. The van der Waals surface area contributed by atoms with E-state index in [1.165, 1.54) is 23.5 Å². The van der Waals surface area contributed by atoms with Gasteiger partial charge in [0.2, 0.25) is 0 Å². The number of ether oxygens (including phenoxy) is 1. The van der Waals surface area contributed by atoms with Crippen molar-refractivity contribution in [2.45, 2.75) is 0 Å². The number of aromatic nitrogens is 1. The molecule has 4 rings (SSSR count). The number of nitrogens with one attached hydrogen (secondary N) is 1. The number of anilines is 2. The van der Waals surface area contributed by atoms with Gasteiger partial charge in [-0.1, -0.05) is 24.3 Å². The molecular formula is C21H15FN2OS. The molecule has 4 aromatic rings. The maximum atomic E-state index is 13.0. The predicted octanol–water partition coefficient (Wildman–Crippen LogP) is 6.49. The maximum absolute atomic E-state index is 13.0. The van der Waals surface area contributed by atoms with E-state index >= 15 is 0 Å². The normalized spacial score (nSPS) is 10.5. The number of para-hydroxylation sites is 1. The van der Waals surface area contributed by atoms with Gasteiger partial charge < -0.3 is 10.1 Å². The molecule has 0 aliphatic rings. The van der Waals surface area contributed by atoms with Gasteiger partial charge in [-0.2, -0.15) is 0 Å². The van der Waals surface area contributed by atoms with Crippen LogP contribution in [0.15, 0.2) is 84.2 Å². The first kappa shape index (κ1) is 16.3. The number of hydrogen-bond acceptors (Lipinski definition) is 4. The summed E-state index contributed by atoms with van der Waals surface area (Å²) in [6.07, 6.45) is 0. The zero-order valence-corrected chi connectivity index (χ0v) is 14.5. The lowest BCUT2D eigenvalue weighted by molar-refractivity contribution is 0.483. The zero-order chi connectivity index (χ0) is 17.8. The Hall–Kier alpha value is -3.18. The number of hydrogen-bond donors (Lipinski definition) is 1. The summed E-state index contributed by atoms with van der Waals surface area (Å²) >= 11 is 1.50. The molecule has 0 fully saturated rings. The van der Waals surface area contributed by atoms with E-state index in [4.69, 9.17) is 4.74 Å². The number of benzene rings is 3. The highest BCUT2D eigenvalue weighted by Crippen LogP contribution is 2.29. The summed E-state index contributed by atoms with van der Waals surface area (Å²) in [4.78, 5) is 4.56. The summed E-state index contributed by atoms with van der Waals surface area (Å²) in [6.45, 7) is 0. The molecule has 0 bridgehead atoms. The Labute approximate surface area is 154 Å². The number of thiazole rings is 1. The average molecular weight is 362 g/mol. The highest BCUT2D eigenvalue weighted by Gasteiger charge is 2.06. The minimum Gasteiger partial charge on any atom is -0.457 e. The van der Waals surface area contributed by atoms with Crippen LogP contribution in [0.4, 0.5) is 15.2 Å². The van der Waals surface area contributed by atoms with Gasteiger partial charge in [-0.3, -0.25) is 0 Å². The summed E-state index contributed by atoms with van der Waals surface area (Å²) in [7, 11) is 0. The SMILES string of the molecule is Fc1ccc(-c2csc(Nc3cccc(Oc4ccccc4)c3)n2)cc1. The molecule has 1 N–H and O–H groups in total. The predicted molar refractivity (Wildman–Crippen MR) is 104 cm³/mol. The lowest BCUT2D eigenvalue weighted by Gasteiger charge is -2.08. The van der Waals surface area contributed by atoms with Crippen molar-refractivity contribution in [2.75, 3.05) is 5.32 Å². The van der Waals surface area contributed by atoms with Crippen molar-refractivity contribution in [3.63, 3.8) is 0 Å². The molecule has 26 heavy (non-hydrogen) atoms. The first-order chi connectivity index (χ1) is 12.8. The molecule has 0 aliphatic carbocycles. The van der Waals surface area contributed by atoms with Gasteiger partial charge >= 0.3 is 0 Å². The van der Waals surface area contributed by atoms with Gasteiger partial charge in [0.15, 0.2) is 5.13 Å². The number of nitrogens with zero attached hydrogens (tertiary/aromatic N) is 1. The molecule has 0 radical (unpaired) electrons. The van der Waals surface area contributed by atoms with Crippen LogP contribution in [-0.2, 0) is 0 Å². The Morgan fingerprint density at radius 2 is 1.62 bits per heavy atom. The van der Waals surface area contributed by atoms with Crippen LogP contribution in [0, 0.1) is 5.82 Å². The largest absolute Gasteiger partial charge is 0.457 e. The Kier molecular flexibility index (Phi) is 4.62. The Morgan fingerprint density at radius 3 is 2.42 bits per heavy atom. The molecule has 0 saturated carbocycles. The van der Waals surface area contributed by atoms with E-state index < -0.39 is 0 Å². The van der Waals surface area contributed by atoms with E-state index in [1.54, 1.807) is 12.1 Å². The Morgan fingerprint density at radius 1 is 0.846 bits per heavy atom. The summed E-state index contributed by atoms with van der Waals surface area (Å²) in [5, 5.41) is 5.99. The van der Waals surface area contributed by atoms with Crippen molar-refractivity contribution in [2.24, 2.45) is 0 Å². The van der Waals surface area contributed by atoms with E-state index in [9.17, 15) is 4.39 Å². The molecule has 0 amide bonds. The fourth-order valence-corrected chi connectivity index (χ4v) is 3.21. The van der Waals surface area contributed by atoms with Gasteiger partial charge in [0.25, 0.3) is 0 Å². The Balaban J connectivity index is 1.49. The molecular weight excluding hydrogens is 347 g/mol. The van der Waals surface area contributed by atoms with Crippen LogP contribution in [0.2, 0.25) is 0 Å². The van der Waals surface area contributed by atoms with Crippen molar-refractivity contribution in [1.82, 2.24) is 4.98 Å². The van der Waals surface area contributed by atoms with Crippen molar-refractivity contribution in [3.8, 4) is 22.8 Å². The molecule has 0 atom stereocenters. The van der Waals surface area contributed by atoms with Crippen molar-refractivity contribution in [1.29, 1.82) is 0 Å². The zero-order valence-electron chi connectivity index (χ0n) is 13.7. The molecule has 5 heteroatoms. The van der Waals surface area contributed by atoms with Gasteiger partial charge in [-0.25, -0.2) is 9.37 Å². The van der Waals surface area contributed by atoms with Gasteiger partial charge in [0, 0.05) is 22.7 Å². The monoisotopic (exact) mass is 362 g/mol. The lowest BCUT2D eigenvalue weighted by atomic mass is 10.2. The van der Waals surface area contributed by atoms with E-state index in [-0.39, 0.29) is 5.82 Å². The van der Waals surface area contributed by atoms with Crippen molar-refractivity contribution in [3.05, 3.63) is 90.1 Å². The average Bonchev–Trinajstić information content (AvgIpc) is 3.12. The van der Waals surface area contributed by atoms with Gasteiger partial charge in [-0.15, -0.1) is 11.3 Å². The molecule has 0 unspecified atom stereocenters. The van der Waals surface area contributed by atoms with Crippen molar-refractivity contribution >= 4 is 22.2 Å². The minimum atomic E-state index is -0.252. The van der Waals surface area contributed by atoms with E-state index in [0.29, 0.717) is 0 Å². The van der Waals surface area contributed by atoms with Crippen LogP contribution in [0.1, 0.15) is 0 Å². The topological polar surface area (TPSA) is 34.1 Å². The quantitative estimate of drug-likeness (QED) is 0.441. The smallest absolute Gasteiger partial charge is 0.187 e. The maximum Gasteiger partial charge on any atom is 0.187 e. The van der Waals surface area contributed by atoms with Gasteiger partial charge in [-0.05, 0) is 48.5 Å². The molecule has 3 aromatic carbocycles. The third-order valence-corrected chi connectivity index (χ3v) is 4.47. The third kappa shape index (κ3) is 3.90. The molecule has 0 saturated heterocycles. The van der Waals surface area contributed by atoms with Crippen LogP contribution in [0.5, 0.6) is 11.5 Å². The standard InChI is InChI=1S/C21H15FN2OS/c22-16-11-9-15(10-12-16)20-14-26-21(24-20)23-17-5-4-8-19(13-17)25-18-6-2-1-3-7-18/h1-14H,(H,23,24). The lowest BCUT2D eigenvalue weighted by Crippen LogP contribution is -1.91. The Bertz CT molecular complexity index is 1000. The van der Waals surface area contributed by atoms with Crippen LogP contribution in [0.25, 0.3) is 11.3 Å². The fourth-order valence-electron chi connectivity index (χ4n) is 2.47. The second kappa shape index (κ2) is 7.37. The molecule has 0 aliphatic heterocycles. The second-order valence-corrected chi connectivity index (χ2v) is 6.47. The highest BCUT2D eigenvalue weighted by atomic mass is 32.1. The minimum absolute atomic E-state index is 0.252. The van der Waals surface area contributed by atoms with Crippen LogP contribution >= 0.6 is 11.3 Å². The van der Waals surface area contributed by atoms with Crippen LogP contribution < -0.4 is 10.1 Å². The van der Waals surface area contributed by atoms with E-state index in [1.807, 2.05) is 60.0 Å². The molecule has 128 valence electrons. The number of rotatable bonds is 5. The van der Waals surface area contributed by atoms with Crippen molar-refractivity contribution < 1.29 is 9.13 Å². The molecule has 1 aromatic heterocycles. The summed E-state index contributed by atoms with van der Waals surface area (Å²) in [5.74, 6) is 1.28. The first-order valence-corrected chi connectivity index (χ1v) is 8.96. The third-order valence-electron chi connectivity index (χ3n) is 3.71. The van der Waals surface area contributed by atoms with Crippen LogP contribution in [-0.4, -0.2) is 4.98 Å². The summed E-state index contributed by atoms with van der Waals surface area (Å²) in [6, 6.07) is 23.7. The van der Waals surface area contributed by atoms with Gasteiger partial charge in [0.1, 0.15) is 17.3 Å². The van der Waals surface area contributed by atoms with E-state index in [0.717, 1.165) is 33.6 Å². The number of halogens is 1. The molecule has 0 spiro atoms. The van der Waals surface area contributed by atoms with E-state index in [2.05, 4.69) is 10.3 Å². The van der Waals surface area contributed by atoms with Crippen LogP contribution in [0.3, 0.4) is 0 Å². The van der Waals surface area contributed by atoms with Gasteiger partial charge in [0.05, 0.1) is 5.69 Å². The summed E-state index contributed by atoms with van der Waals surface area (Å²) < 4.78 is 18.9.